The molecule has 1 atom stereocenters. The highest BCUT2D eigenvalue weighted by Crippen LogP contribution is 2.36. The van der Waals surface area contributed by atoms with Gasteiger partial charge in [-0.25, -0.2) is 0 Å². The highest BCUT2D eigenvalue weighted by molar-refractivity contribution is 5.68. The van der Waals surface area contributed by atoms with Crippen LogP contribution in [0.1, 0.15) is 48.9 Å². The molecule has 0 radical (unpaired) electrons. The van der Waals surface area contributed by atoms with E-state index in [1.165, 1.54) is 0 Å². The zero-order valence-corrected chi connectivity index (χ0v) is 11.4. The first-order chi connectivity index (χ1) is 8.38. The molecule has 0 aromatic heterocycles. The lowest BCUT2D eigenvalue weighted by Crippen LogP contribution is -2.18. The van der Waals surface area contributed by atoms with Crippen LogP contribution in [0.3, 0.4) is 0 Å². The van der Waals surface area contributed by atoms with E-state index in [1.807, 2.05) is 19.1 Å². The van der Waals surface area contributed by atoms with Gasteiger partial charge in [0, 0.05) is 11.6 Å². The number of rotatable bonds is 5. The van der Waals surface area contributed by atoms with E-state index in [2.05, 4.69) is 13.8 Å². The number of nitrogens with two attached hydrogens (primary N) is 1. The maximum Gasteiger partial charge on any atom is 0.305 e. The number of carboxylic acids is 1. The Labute approximate surface area is 108 Å². The first-order valence-electron chi connectivity index (χ1n) is 6.03. The molecule has 0 bridgehead atoms. The third-order valence-electron chi connectivity index (χ3n) is 3.04. The lowest BCUT2D eigenvalue weighted by atomic mass is 9.91. The smallest absolute Gasteiger partial charge is 0.305 e. The maximum absolute atomic E-state index is 10.8. The zero-order valence-electron chi connectivity index (χ0n) is 11.4. The molecule has 0 saturated carbocycles. The molecule has 1 aromatic rings. The molecule has 1 unspecified atom stereocenters. The quantitative estimate of drug-likeness (QED) is 0.843. The number of benzene rings is 1. The summed E-state index contributed by atoms with van der Waals surface area (Å²) in [6.07, 6.45) is -0.0985. The number of carbonyl (C=O) groups is 1. The van der Waals surface area contributed by atoms with Crippen LogP contribution in [0.25, 0.3) is 0 Å². The molecule has 1 rings (SSSR count). The fourth-order valence-electron chi connectivity index (χ4n) is 2.15. The van der Waals surface area contributed by atoms with E-state index in [0.29, 0.717) is 5.92 Å². The van der Waals surface area contributed by atoms with Crippen LogP contribution in [0.2, 0.25) is 0 Å². The summed E-state index contributed by atoms with van der Waals surface area (Å²) in [7, 11) is 1.59. The molecule has 0 aliphatic carbocycles. The van der Waals surface area contributed by atoms with Gasteiger partial charge < -0.3 is 15.6 Å². The molecule has 100 valence electrons. The molecule has 0 aliphatic rings. The second-order valence-corrected chi connectivity index (χ2v) is 4.78. The molecule has 3 N–H and O–H groups in total. The Bertz CT molecular complexity index is 441. The molecule has 0 amide bonds. The molecule has 4 nitrogen and oxygen atoms in total. The first-order valence-corrected chi connectivity index (χ1v) is 6.03. The Morgan fingerprint density at radius 3 is 2.50 bits per heavy atom. The van der Waals surface area contributed by atoms with Crippen molar-refractivity contribution in [3.63, 3.8) is 0 Å². The number of methoxy groups -OCH3 is 1. The zero-order chi connectivity index (χ0) is 13.9. The fraction of sp³-hybridized carbons (Fsp3) is 0.500. The van der Waals surface area contributed by atoms with Crippen molar-refractivity contribution in [3.05, 3.63) is 28.8 Å². The van der Waals surface area contributed by atoms with Gasteiger partial charge in [-0.05, 0) is 24.0 Å². The maximum atomic E-state index is 10.8. The third kappa shape index (κ3) is 3.01. The number of aliphatic carboxylic acids is 1. The molecular weight excluding hydrogens is 230 g/mol. The van der Waals surface area contributed by atoms with E-state index in [9.17, 15) is 4.79 Å². The lowest BCUT2D eigenvalue weighted by molar-refractivity contribution is -0.137. The third-order valence-corrected chi connectivity index (χ3v) is 3.04. The Morgan fingerprint density at radius 1 is 1.44 bits per heavy atom. The summed E-state index contributed by atoms with van der Waals surface area (Å²) in [5.41, 5.74) is 8.80. The van der Waals surface area contributed by atoms with Crippen LogP contribution >= 0.6 is 0 Å². The van der Waals surface area contributed by atoms with Crippen LogP contribution in [0, 0.1) is 6.92 Å². The van der Waals surface area contributed by atoms with Crippen LogP contribution in [0.15, 0.2) is 12.1 Å². The minimum Gasteiger partial charge on any atom is -0.496 e. The molecule has 0 spiro atoms. The van der Waals surface area contributed by atoms with Crippen LogP contribution in [0.4, 0.5) is 0 Å². The van der Waals surface area contributed by atoms with Gasteiger partial charge in [0.2, 0.25) is 0 Å². The number of hydrogen-bond acceptors (Lipinski definition) is 3. The largest absolute Gasteiger partial charge is 0.496 e. The molecular formula is C14H21NO3. The summed E-state index contributed by atoms with van der Waals surface area (Å²) in [5.74, 6) is 0.119. The van der Waals surface area contributed by atoms with Gasteiger partial charge in [-0.2, -0.15) is 0 Å². The lowest BCUT2D eigenvalue weighted by Gasteiger charge is -2.21. The van der Waals surface area contributed by atoms with E-state index in [0.717, 1.165) is 22.4 Å². The summed E-state index contributed by atoms with van der Waals surface area (Å²) in [5, 5.41) is 8.86. The Kier molecular flexibility index (Phi) is 4.73. The van der Waals surface area contributed by atoms with Crippen molar-refractivity contribution in [1.29, 1.82) is 0 Å². The Morgan fingerprint density at radius 2 is 2.06 bits per heavy atom. The van der Waals surface area contributed by atoms with Gasteiger partial charge in [-0.1, -0.05) is 26.0 Å². The standard InChI is InChI=1S/C14H21NO3/c1-8(2)10-6-5-9(3)13(14(10)18-4)11(15)7-12(16)17/h5-6,8,11H,7,15H2,1-4H3,(H,16,17). The molecule has 1 aromatic carbocycles. The van der Waals surface area contributed by atoms with Gasteiger partial charge in [-0.3, -0.25) is 4.79 Å². The molecule has 18 heavy (non-hydrogen) atoms. The van der Waals surface area contributed by atoms with Crippen molar-refractivity contribution in [2.24, 2.45) is 5.73 Å². The van der Waals surface area contributed by atoms with Crippen LogP contribution in [-0.2, 0) is 4.79 Å². The normalized spacial score (nSPS) is 12.6. The van der Waals surface area contributed by atoms with E-state index < -0.39 is 12.0 Å². The van der Waals surface area contributed by atoms with Gasteiger partial charge >= 0.3 is 5.97 Å². The number of carboxylic acid groups (broad SMARTS) is 1. The monoisotopic (exact) mass is 251 g/mol. The van der Waals surface area contributed by atoms with Crippen LogP contribution in [0.5, 0.6) is 5.75 Å². The number of aryl methyl sites for hydroxylation is 1. The Balaban J connectivity index is 3.31. The van der Waals surface area contributed by atoms with E-state index in [1.54, 1.807) is 7.11 Å². The number of hydrogen-bond donors (Lipinski definition) is 2. The minimum atomic E-state index is -0.904. The molecule has 4 heteroatoms. The van der Waals surface area contributed by atoms with Crippen LogP contribution < -0.4 is 10.5 Å². The number of ether oxygens (including phenoxy) is 1. The molecule has 0 saturated heterocycles. The highest BCUT2D eigenvalue weighted by atomic mass is 16.5. The summed E-state index contributed by atoms with van der Waals surface area (Å²) >= 11 is 0. The van der Waals surface area contributed by atoms with Crippen molar-refractivity contribution >= 4 is 5.97 Å². The second-order valence-electron chi connectivity index (χ2n) is 4.78. The summed E-state index contributed by atoms with van der Waals surface area (Å²) in [4.78, 5) is 10.8. The predicted molar refractivity (Wildman–Crippen MR) is 71.0 cm³/mol. The topological polar surface area (TPSA) is 72.5 Å². The Hall–Kier alpha value is -1.55. The van der Waals surface area contributed by atoms with Gasteiger partial charge in [0.15, 0.2) is 0 Å². The van der Waals surface area contributed by atoms with Crippen molar-refractivity contribution < 1.29 is 14.6 Å². The minimum absolute atomic E-state index is 0.0985. The van der Waals surface area contributed by atoms with Crippen molar-refractivity contribution in [2.45, 2.75) is 39.2 Å². The fourth-order valence-corrected chi connectivity index (χ4v) is 2.15. The predicted octanol–water partition coefficient (Wildman–Crippen LogP) is 2.60. The van der Waals surface area contributed by atoms with Gasteiger partial charge in [0.25, 0.3) is 0 Å². The summed E-state index contributed by atoms with van der Waals surface area (Å²) < 4.78 is 5.45. The SMILES string of the molecule is COc1c(C(C)C)ccc(C)c1C(N)CC(=O)O. The van der Waals surface area contributed by atoms with E-state index in [-0.39, 0.29) is 6.42 Å². The summed E-state index contributed by atoms with van der Waals surface area (Å²) in [6, 6.07) is 3.43. The second kappa shape index (κ2) is 5.87. The average Bonchev–Trinajstić information content (AvgIpc) is 2.26. The van der Waals surface area contributed by atoms with Gasteiger partial charge in [-0.15, -0.1) is 0 Å². The van der Waals surface area contributed by atoms with E-state index in [4.69, 9.17) is 15.6 Å². The van der Waals surface area contributed by atoms with Crippen molar-refractivity contribution in [1.82, 2.24) is 0 Å². The van der Waals surface area contributed by atoms with Crippen LogP contribution in [-0.4, -0.2) is 18.2 Å². The van der Waals surface area contributed by atoms with Gasteiger partial charge in [0.05, 0.1) is 13.5 Å². The highest BCUT2D eigenvalue weighted by Gasteiger charge is 2.21. The van der Waals surface area contributed by atoms with Gasteiger partial charge in [0.1, 0.15) is 5.75 Å². The molecule has 0 fully saturated rings. The average molecular weight is 251 g/mol. The van der Waals surface area contributed by atoms with Crippen molar-refractivity contribution in [2.75, 3.05) is 7.11 Å². The van der Waals surface area contributed by atoms with Crippen molar-refractivity contribution in [3.8, 4) is 5.75 Å². The summed E-state index contributed by atoms with van der Waals surface area (Å²) in [6.45, 7) is 6.06. The van der Waals surface area contributed by atoms with E-state index >= 15 is 0 Å². The molecule has 0 aliphatic heterocycles. The first kappa shape index (κ1) is 14.5. The molecule has 0 heterocycles.